The smallest absolute Gasteiger partial charge is 0.138 e. The van der Waals surface area contributed by atoms with Crippen LogP contribution < -0.4 is 0 Å². The Kier molecular flexibility index (Phi) is 18.7. The number of rotatable bonds is 24. The van der Waals surface area contributed by atoms with Gasteiger partial charge in [0.25, 0.3) is 0 Å². The van der Waals surface area contributed by atoms with E-state index in [2.05, 4.69) is 48.5 Å². The highest BCUT2D eigenvalue weighted by molar-refractivity contribution is 7.98. The monoisotopic (exact) mass is 632 g/mol. The Labute approximate surface area is 275 Å². The highest BCUT2D eigenvalue weighted by atomic mass is 32.2. The molecule has 43 heavy (non-hydrogen) atoms. The average Bonchev–Trinajstić information content (AvgIpc) is 3.45. The first-order valence-electron chi connectivity index (χ1n) is 18.0. The van der Waals surface area contributed by atoms with E-state index in [4.69, 9.17) is 0 Å². The molecular weight excluding hydrogens is 565 g/mol. The molecule has 0 radical (unpaired) electrons. The van der Waals surface area contributed by atoms with Crippen LogP contribution in [0.15, 0.2) is 16.3 Å². The third-order valence-electron chi connectivity index (χ3n) is 10.1. The molecule has 2 rings (SSSR count). The fourth-order valence-corrected chi connectivity index (χ4v) is 8.50. The number of benzene rings is 1. The van der Waals surface area contributed by atoms with E-state index >= 15 is 0 Å². The molecule has 1 aromatic heterocycles. The zero-order valence-electron chi connectivity index (χ0n) is 29.4. The molecule has 248 valence electrons. The van der Waals surface area contributed by atoms with Crippen molar-refractivity contribution in [3.05, 3.63) is 17.0 Å². The summed E-state index contributed by atoms with van der Waals surface area (Å²) < 4.78 is 0.818. The lowest BCUT2D eigenvalue weighted by molar-refractivity contribution is 0.359. The van der Waals surface area contributed by atoms with Crippen LogP contribution in [-0.4, -0.2) is 16.5 Å². The van der Waals surface area contributed by atoms with E-state index < -0.39 is 0 Å². The summed E-state index contributed by atoms with van der Waals surface area (Å²) in [4.78, 5) is 0.848. The molecule has 0 spiro atoms. The summed E-state index contributed by atoms with van der Waals surface area (Å²) in [5.74, 6) is 5.70. The minimum absolute atomic E-state index is 0.338. The molecular formula is C39H68O2S2. The summed E-state index contributed by atoms with van der Waals surface area (Å²) in [7, 11) is 0. The van der Waals surface area contributed by atoms with Crippen LogP contribution in [0, 0.1) is 35.5 Å². The van der Waals surface area contributed by atoms with Crippen molar-refractivity contribution in [3.63, 3.8) is 0 Å². The average molecular weight is 633 g/mol. The van der Waals surface area contributed by atoms with Gasteiger partial charge >= 0.3 is 0 Å². The third-order valence-corrected chi connectivity index (χ3v) is 11.8. The SMILES string of the molecule is CSc1c(CCC(C)CCCC(C)CCCC(C)CCCC(C)CCCC(C)CCCC(C)C)c(O)c2sccc2c1O. The molecule has 0 aliphatic heterocycles. The summed E-state index contributed by atoms with van der Waals surface area (Å²) in [6, 6.07) is 1.91. The minimum Gasteiger partial charge on any atom is -0.506 e. The van der Waals surface area contributed by atoms with Crippen molar-refractivity contribution in [2.75, 3.05) is 6.26 Å². The first kappa shape index (κ1) is 38.3. The lowest BCUT2D eigenvalue weighted by Gasteiger charge is -2.18. The summed E-state index contributed by atoms with van der Waals surface area (Å²) in [5, 5.41) is 24.4. The molecule has 0 fully saturated rings. The second kappa shape index (κ2) is 21.0. The van der Waals surface area contributed by atoms with Gasteiger partial charge in [0.1, 0.15) is 11.5 Å². The summed E-state index contributed by atoms with van der Waals surface area (Å²) in [6.07, 6.45) is 24.6. The second-order valence-corrected chi connectivity index (χ2v) is 16.7. The highest BCUT2D eigenvalue weighted by Crippen LogP contribution is 2.46. The van der Waals surface area contributed by atoms with Crippen molar-refractivity contribution in [2.24, 2.45) is 35.5 Å². The summed E-state index contributed by atoms with van der Waals surface area (Å²) in [5.41, 5.74) is 0.932. The van der Waals surface area contributed by atoms with Crippen LogP contribution in [0.5, 0.6) is 11.5 Å². The van der Waals surface area contributed by atoms with Crippen molar-refractivity contribution in [3.8, 4) is 11.5 Å². The highest BCUT2D eigenvalue weighted by Gasteiger charge is 2.20. The topological polar surface area (TPSA) is 40.5 Å². The van der Waals surface area contributed by atoms with Gasteiger partial charge in [-0.25, -0.2) is 0 Å². The van der Waals surface area contributed by atoms with Gasteiger partial charge in [0.15, 0.2) is 0 Å². The van der Waals surface area contributed by atoms with Crippen LogP contribution in [0.25, 0.3) is 10.1 Å². The van der Waals surface area contributed by atoms with E-state index in [1.807, 2.05) is 17.7 Å². The fraction of sp³-hybridized carbons (Fsp3) is 0.795. The number of phenols is 2. The Morgan fingerprint density at radius 2 is 0.977 bits per heavy atom. The zero-order chi connectivity index (χ0) is 31.8. The van der Waals surface area contributed by atoms with Crippen molar-refractivity contribution in [1.82, 2.24) is 0 Å². The van der Waals surface area contributed by atoms with Crippen LogP contribution in [-0.2, 0) is 6.42 Å². The predicted molar refractivity (Wildman–Crippen MR) is 195 cm³/mol. The predicted octanol–water partition coefficient (Wildman–Crippen LogP) is 13.7. The molecule has 0 bridgehead atoms. The maximum atomic E-state index is 10.9. The molecule has 0 aliphatic rings. The van der Waals surface area contributed by atoms with E-state index in [0.29, 0.717) is 17.4 Å². The Morgan fingerprint density at radius 3 is 1.37 bits per heavy atom. The number of hydrogen-bond acceptors (Lipinski definition) is 4. The standard InChI is InChI=1S/C39H68O2S2/c1-28(2)14-9-15-29(3)16-10-17-30(4)18-11-19-31(5)20-12-21-32(6)22-13-23-33(7)24-25-34-37(41)39-35(26-27-43-39)36(40)38(34)42-8/h26-33,40-41H,9-25H2,1-8H3. The quantitative estimate of drug-likeness (QED) is 0.0893. The first-order chi connectivity index (χ1) is 20.5. The molecule has 2 aromatic rings. The van der Waals surface area contributed by atoms with Crippen molar-refractivity contribution < 1.29 is 10.2 Å². The molecule has 5 unspecified atom stereocenters. The van der Waals surface area contributed by atoms with E-state index in [1.54, 1.807) is 11.8 Å². The van der Waals surface area contributed by atoms with Gasteiger partial charge in [-0.2, -0.15) is 0 Å². The molecule has 1 heterocycles. The summed E-state index contributed by atoms with van der Waals surface area (Å²) in [6.45, 7) is 16.9. The molecule has 2 N–H and O–H groups in total. The maximum absolute atomic E-state index is 10.9. The van der Waals surface area contributed by atoms with Gasteiger partial charge in [0.05, 0.1) is 9.60 Å². The van der Waals surface area contributed by atoms with E-state index in [9.17, 15) is 10.2 Å². The Morgan fingerprint density at radius 1 is 0.581 bits per heavy atom. The van der Waals surface area contributed by atoms with Gasteiger partial charge in [-0.1, -0.05) is 145 Å². The Balaban J connectivity index is 1.52. The number of phenolic OH excluding ortho intramolecular Hbond substituents is 2. The van der Waals surface area contributed by atoms with E-state index in [1.165, 1.54) is 108 Å². The number of hydrogen-bond donors (Lipinski definition) is 2. The maximum Gasteiger partial charge on any atom is 0.138 e. The molecule has 0 saturated carbocycles. The number of thioether (sulfide) groups is 1. The van der Waals surface area contributed by atoms with Crippen molar-refractivity contribution in [2.45, 2.75) is 163 Å². The van der Waals surface area contributed by atoms with Gasteiger partial charge in [0, 0.05) is 10.9 Å². The van der Waals surface area contributed by atoms with Crippen LogP contribution in [0.4, 0.5) is 0 Å². The number of fused-ring (bicyclic) bond motifs is 1. The van der Waals surface area contributed by atoms with Crippen LogP contribution >= 0.6 is 23.1 Å². The third kappa shape index (κ3) is 14.4. The zero-order valence-corrected chi connectivity index (χ0v) is 31.0. The Hall–Kier alpha value is -0.870. The molecule has 4 heteroatoms. The van der Waals surface area contributed by atoms with Crippen molar-refractivity contribution in [1.29, 1.82) is 0 Å². The largest absolute Gasteiger partial charge is 0.506 e. The van der Waals surface area contributed by atoms with Gasteiger partial charge in [-0.3, -0.25) is 0 Å². The van der Waals surface area contributed by atoms with Gasteiger partial charge in [-0.15, -0.1) is 23.1 Å². The number of aromatic hydroxyl groups is 2. The van der Waals surface area contributed by atoms with E-state index in [-0.39, 0.29) is 0 Å². The van der Waals surface area contributed by atoms with Gasteiger partial charge in [0.2, 0.25) is 0 Å². The lowest BCUT2D eigenvalue weighted by Crippen LogP contribution is -2.03. The second-order valence-electron chi connectivity index (χ2n) is 15.0. The Bertz CT molecular complexity index is 1010. The molecule has 0 amide bonds. The van der Waals surface area contributed by atoms with E-state index in [0.717, 1.165) is 63.0 Å². The number of thiophene rings is 1. The minimum atomic E-state index is 0.338. The molecule has 1 aromatic carbocycles. The molecule has 5 atom stereocenters. The van der Waals surface area contributed by atoms with Gasteiger partial charge < -0.3 is 10.2 Å². The van der Waals surface area contributed by atoms with Crippen molar-refractivity contribution >= 4 is 33.2 Å². The van der Waals surface area contributed by atoms with Gasteiger partial charge in [-0.05, 0) is 66.1 Å². The van der Waals surface area contributed by atoms with Crippen LogP contribution in [0.3, 0.4) is 0 Å². The molecule has 0 aliphatic carbocycles. The van der Waals surface area contributed by atoms with Crippen LogP contribution in [0.2, 0.25) is 0 Å². The lowest BCUT2D eigenvalue weighted by atomic mass is 9.89. The normalized spacial score (nSPS) is 15.7. The first-order valence-corrected chi connectivity index (χ1v) is 20.1. The van der Waals surface area contributed by atoms with Crippen LogP contribution in [0.1, 0.15) is 157 Å². The molecule has 2 nitrogen and oxygen atoms in total. The summed E-state index contributed by atoms with van der Waals surface area (Å²) >= 11 is 3.05. The fourth-order valence-electron chi connectivity index (χ4n) is 6.89. The molecule has 0 saturated heterocycles.